The molecule has 0 aliphatic heterocycles. The van der Waals surface area contributed by atoms with E-state index in [9.17, 15) is 9.90 Å². The second-order valence-corrected chi connectivity index (χ2v) is 6.66. The molecule has 0 aromatic heterocycles. The van der Waals surface area contributed by atoms with Gasteiger partial charge in [-0.25, -0.2) is 0 Å². The molecular weight excluding hydrogens is 276 g/mol. The molecule has 2 N–H and O–H groups in total. The van der Waals surface area contributed by atoms with E-state index in [0.717, 1.165) is 31.2 Å². The average molecular weight is 304 g/mol. The smallest absolute Gasteiger partial charge is 0.237 e. The van der Waals surface area contributed by atoms with Gasteiger partial charge < -0.3 is 10.4 Å². The van der Waals surface area contributed by atoms with E-state index in [1.807, 2.05) is 56.1 Å². The Labute approximate surface area is 133 Å². The number of amides is 1. The Morgan fingerprint density at radius 1 is 1.27 bits per heavy atom. The Morgan fingerprint density at radius 3 is 2.45 bits per heavy atom. The molecule has 0 spiro atoms. The van der Waals surface area contributed by atoms with Crippen molar-refractivity contribution in [2.75, 3.05) is 13.6 Å². The standard InChI is InChI=1S/C18H28N2O2/c1-14(16-9-5-4-6-10-16)19-17(21)15(2)20(3)13-18(22)11-7-8-12-18/h4-6,9-10,14-15,22H,7-8,11-13H2,1-3H3,(H,19,21)/t14-,15+/m0/s1. The van der Waals surface area contributed by atoms with E-state index in [0.29, 0.717) is 6.54 Å². The average Bonchev–Trinajstić information content (AvgIpc) is 2.93. The lowest BCUT2D eigenvalue weighted by Crippen LogP contribution is -2.49. The van der Waals surface area contributed by atoms with E-state index in [1.54, 1.807) is 0 Å². The summed E-state index contributed by atoms with van der Waals surface area (Å²) in [5, 5.41) is 13.5. The maximum atomic E-state index is 12.4. The van der Waals surface area contributed by atoms with Gasteiger partial charge in [0.2, 0.25) is 5.91 Å². The molecule has 22 heavy (non-hydrogen) atoms. The number of nitrogens with zero attached hydrogens (tertiary/aromatic N) is 1. The quantitative estimate of drug-likeness (QED) is 0.849. The van der Waals surface area contributed by atoms with Crippen LogP contribution in [0.2, 0.25) is 0 Å². The lowest BCUT2D eigenvalue weighted by Gasteiger charge is -2.32. The molecule has 0 bridgehead atoms. The summed E-state index contributed by atoms with van der Waals surface area (Å²) in [5.41, 5.74) is 0.481. The van der Waals surface area contributed by atoms with Crippen molar-refractivity contribution in [3.63, 3.8) is 0 Å². The highest BCUT2D eigenvalue weighted by atomic mass is 16.3. The van der Waals surface area contributed by atoms with Crippen molar-refractivity contribution in [3.8, 4) is 0 Å². The Kier molecular flexibility index (Phi) is 5.59. The number of rotatable bonds is 6. The predicted octanol–water partition coefficient (Wildman–Crippen LogP) is 2.49. The Hall–Kier alpha value is -1.39. The first-order valence-corrected chi connectivity index (χ1v) is 8.19. The van der Waals surface area contributed by atoms with Crippen molar-refractivity contribution in [1.29, 1.82) is 0 Å². The number of hydrogen-bond acceptors (Lipinski definition) is 3. The third-order valence-electron chi connectivity index (χ3n) is 4.78. The Balaban J connectivity index is 1.88. The topological polar surface area (TPSA) is 52.6 Å². The molecule has 0 saturated heterocycles. The number of carbonyl (C=O) groups is 1. The minimum atomic E-state index is -0.617. The fraction of sp³-hybridized carbons (Fsp3) is 0.611. The van der Waals surface area contributed by atoms with Crippen molar-refractivity contribution in [2.24, 2.45) is 0 Å². The van der Waals surface area contributed by atoms with Gasteiger partial charge in [0.15, 0.2) is 0 Å². The Bertz CT molecular complexity index is 483. The molecule has 122 valence electrons. The molecule has 1 aliphatic carbocycles. The Morgan fingerprint density at radius 2 is 1.86 bits per heavy atom. The number of aliphatic hydroxyl groups is 1. The van der Waals surface area contributed by atoms with Gasteiger partial charge in [0, 0.05) is 6.54 Å². The van der Waals surface area contributed by atoms with Crippen molar-refractivity contribution < 1.29 is 9.90 Å². The third kappa shape index (κ3) is 4.31. The zero-order valence-corrected chi connectivity index (χ0v) is 13.9. The number of nitrogens with one attached hydrogen (secondary N) is 1. The van der Waals surface area contributed by atoms with E-state index < -0.39 is 5.60 Å². The number of carbonyl (C=O) groups excluding carboxylic acids is 1. The van der Waals surface area contributed by atoms with E-state index in [1.165, 1.54) is 0 Å². The maximum Gasteiger partial charge on any atom is 0.237 e. The highest BCUT2D eigenvalue weighted by Crippen LogP contribution is 2.30. The minimum absolute atomic E-state index is 0.000417. The molecule has 1 saturated carbocycles. The molecule has 1 amide bonds. The lowest BCUT2D eigenvalue weighted by molar-refractivity contribution is -0.127. The molecule has 1 fully saturated rings. The van der Waals surface area contributed by atoms with Gasteiger partial charge in [-0.2, -0.15) is 0 Å². The second-order valence-electron chi connectivity index (χ2n) is 6.66. The van der Waals surface area contributed by atoms with Crippen LogP contribution in [-0.2, 0) is 4.79 Å². The molecule has 0 unspecified atom stereocenters. The maximum absolute atomic E-state index is 12.4. The van der Waals surface area contributed by atoms with Crippen LogP contribution in [-0.4, -0.2) is 41.1 Å². The highest BCUT2D eigenvalue weighted by Gasteiger charge is 2.34. The van der Waals surface area contributed by atoms with Crippen LogP contribution in [0.15, 0.2) is 30.3 Å². The molecule has 1 aromatic carbocycles. The van der Waals surface area contributed by atoms with Crippen LogP contribution in [0.4, 0.5) is 0 Å². The van der Waals surface area contributed by atoms with E-state index in [4.69, 9.17) is 0 Å². The molecule has 2 atom stereocenters. The molecule has 1 aromatic rings. The van der Waals surface area contributed by atoms with Gasteiger partial charge in [-0.15, -0.1) is 0 Å². The first-order chi connectivity index (χ1) is 10.4. The van der Waals surface area contributed by atoms with Gasteiger partial charge in [-0.3, -0.25) is 9.69 Å². The van der Waals surface area contributed by atoms with Crippen LogP contribution in [0.3, 0.4) is 0 Å². The summed E-state index contributed by atoms with van der Waals surface area (Å²) >= 11 is 0. The summed E-state index contributed by atoms with van der Waals surface area (Å²) in [6, 6.07) is 9.68. The van der Waals surface area contributed by atoms with Gasteiger partial charge >= 0.3 is 0 Å². The minimum Gasteiger partial charge on any atom is -0.389 e. The van der Waals surface area contributed by atoms with Crippen LogP contribution in [0.1, 0.15) is 51.1 Å². The summed E-state index contributed by atoms with van der Waals surface area (Å²) in [6.07, 6.45) is 3.84. The molecular formula is C18H28N2O2. The predicted molar refractivity (Wildman–Crippen MR) is 88.5 cm³/mol. The molecule has 4 nitrogen and oxygen atoms in total. The summed E-state index contributed by atoms with van der Waals surface area (Å²) in [4.78, 5) is 14.4. The van der Waals surface area contributed by atoms with Crippen LogP contribution in [0.5, 0.6) is 0 Å². The first kappa shape index (κ1) is 17.0. The molecule has 2 rings (SSSR count). The second kappa shape index (κ2) is 7.25. The zero-order chi connectivity index (χ0) is 16.2. The van der Waals surface area contributed by atoms with E-state index >= 15 is 0 Å². The van der Waals surface area contributed by atoms with Crippen LogP contribution >= 0.6 is 0 Å². The molecule has 0 heterocycles. The highest BCUT2D eigenvalue weighted by molar-refractivity contribution is 5.81. The van der Waals surface area contributed by atoms with E-state index in [2.05, 4.69) is 5.32 Å². The summed E-state index contributed by atoms with van der Waals surface area (Å²) in [7, 11) is 1.91. The van der Waals surface area contributed by atoms with Crippen LogP contribution < -0.4 is 5.32 Å². The van der Waals surface area contributed by atoms with Gasteiger partial charge in [0.25, 0.3) is 0 Å². The normalized spacial score (nSPS) is 19.9. The fourth-order valence-corrected chi connectivity index (χ4v) is 3.15. The lowest BCUT2D eigenvalue weighted by atomic mass is 10.0. The summed E-state index contributed by atoms with van der Waals surface area (Å²) in [5.74, 6) is 0.000417. The SMILES string of the molecule is C[C@H](NC(=O)[C@@H](C)N(C)CC1(O)CCCC1)c1ccccc1. The number of likely N-dealkylation sites (N-methyl/N-ethyl adjacent to an activating group) is 1. The molecule has 0 radical (unpaired) electrons. The number of benzene rings is 1. The fourth-order valence-electron chi connectivity index (χ4n) is 3.15. The van der Waals surface area contributed by atoms with Gasteiger partial charge in [0.05, 0.1) is 17.7 Å². The third-order valence-corrected chi connectivity index (χ3v) is 4.78. The summed E-state index contributed by atoms with van der Waals surface area (Å²) < 4.78 is 0. The van der Waals surface area contributed by atoms with Crippen LogP contribution in [0.25, 0.3) is 0 Å². The van der Waals surface area contributed by atoms with Gasteiger partial charge in [0.1, 0.15) is 0 Å². The van der Waals surface area contributed by atoms with Crippen molar-refractivity contribution in [2.45, 2.75) is 57.2 Å². The molecule has 4 heteroatoms. The van der Waals surface area contributed by atoms with Gasteiger partial charge in [-0.1, -0.05) is 43.2 Å². The van der Waals surface area contributed by atoms with Crippen LogP contribution in [0, 0.1) is 0 Å². The zero-order valence-electron chi connectivity index (χ0n) is 13.9. The van der Waals surface area contributed by atoms with Crippen molar-refractivity contribution >= 4 is 5.91 Å². The largest absolute Gasteiger partial charge is 0.389 e. The van der Waals surface area contributed by atoms with Gasteiger partial charge in [-0.05, 0) is 39.3 Å². The monoisotopic (exact) mass is 304 g/mol. The van der Waals surface area contributed by atoms with Crippen molar-refractivity contribution in [3.05, 3.63) is 35.9 Å². The molecule has 1 aliphatic rings. The first-order valence-electron chi connectivity index (χ1n) is 8.19. The summed E-state index contributed by atoms with van der Waals surface area (Å²) in [6.45, 7) is 4.44. The van der Waals surface area contributed by atoms with Crippen molar-refractivity contribution in [1.82, 2.24) is 10.2 Å². The van der Waals surface area contributed by atoms with E-state index in [-0.39, 0.29) is 18.0 Å². The number of hydrogen-bond donors (Lipinski definition) is 2.